The second kappa shape index (κ2) is 58.6. The fourth-order valence-electron chi connectivity index (χ4n) is 9.39. The maximum absolute atomic E-state index is 12.4. The number of esters is 1. The van der Waals surface area contributed by atoms with E-state index in [-0.39, 0.29) is 18.5 Å². The lowest BCUT2D eigenvalue weighted by Crippen LogP contribution is -2.45. The van der Waals surface area contributed by atoms with E-state index >= 15 is 0 Å². The van der Waals surface area contributed by atoms with E-state index in [2.05, 4.69) is 43.5 Å². The molecule has 0 bridgehead atoms. The number of aliphatic hydroxyl groups excluding tert-OH is 2. The van der Waals surface area contributed by atoms with Gasteiger partial charge in [0.1, 0.15) is 0 Å². The van der Waals surface area contributed by atoms with Crippen LogP contribution in [0.5, 0.6) is 0 Å². The Kier molecular flexibility index (Phi) is 57.0. The average molecular weight is 971 g/mol. The van der Waals surface area contributed by atoms with Crippen LogP contribution in [0.15, 0.2) is 36.5 Å². The molecular weight excluding hydrogens is 851 g/mol. The average Bonchev–Trinajstić information content (AvgIpc) is 3.35. The van der Waals surface area contributed by atoms with Crippen LogP contribution in [-0.4, -0.2) is 47.4 Å². The van der Waals surface area contributed by atoms with Crippen LogP contribution in [0.25, 0.3) is 0 Å². The van der Waals surface area contributed by atoms with Crippen molar-refractivity contribution in [2.24, 2.45) is 0 Å². The maximum Gasteiger partial charge on any atom is 0.305 e. The van der Waals surface area contributed by atoms with Gasteiger partial charge in [-0.3, -0.25) is 9.59 Å². The fourth-order valence-corrected chi connectivity index (χ4v) is 9.39. The number of rotatable bonds is 57. The summed E-state index contributed by atoms with van der Waals surface area (Å²) >= 11 is 0. The smallest absolute Gasteiger partial charge is 0.305 e. The van der Waals surface area contributed by atoms with Crippen LogP contribution in [0.2, 0.25) is 0 Å². The van der Waals surface area contributed by atoms with Crippen molar-refractivity contribution in [3.63, 3.8) is 0 Å². The number of carbonyl (C=O) groups is 2. The van der Waals surface area contributed by atoms with Crippen molar-refractivity contribution in [3.8, 4) is 0 Å². The molecule has 0 saturated carbocycles. The van der Waals surface area contributed by atoms with Gasteiger partial charge in [0, 0.05) is 12.8 Å². The number of ether oxygens (including phenoxy) is 1. The highest BCUT2D eigenvalue weighted by Gasteiger charge is 2.18. The van der Waals surface area contributed by atoms with Crippen LogP contribution < -0.4 is 5.32 Å². The molecule has 0 radical (unpaired) electrons. The first-order chi connectivity index (χ1) is 34.0. The van der Waals surface area contributed by atoms with Gasteiger partial charge in [-0.15, -0.1) is 0 Å². The number of carbonyl (C=O) groups excluding carboxylic acids is 2. The lowest BCUT2D eigenvalue weighted by molar-refractivity contribution is -0.143. The third kappa shape index (κ3) is 55.2. The Bertz CT molecular complexity index is 1120. The number of amides is 1. The summed E-state index contributed by atoms with van der Waals surface area (Å²) in [6, 6.07) is -0.627. The molecule has 2 unspecified atom stereocenters. The van der Waals surface area contributed by atoms with Gasteiger partial charge in [-0.1, -0.05) is 269 Å². The van der Waals surface area contributed by atoms with Crippen molar-refractivity contribution in [1.82, 2.24) is 5.32 Å². The summed E-state index contributed by atoms with van der Waals surface area (Å²) in [4.78, 5) is 24.5. The molecule has 0 aliphatic rings. The van der Waals surface area contributed by atoms with Crippen molar-refractivity contribution in [3.05, 3.63) is 36.5 Å². The number of hydrogen-bond donors (Lipinski definition) is 3. The molecule has 6 nitrogen and oxygen atoms in total. The van der Waals surface area contributed by atoms with Crippen LogP contribution in [0.3, 0.4) is 0 Å². The summed E-state index contributed by atoms with van der Waals surface area (Å²) in [5.74, 6) is -0.0639. The lowest BCUT2D eigenvalue weighted by Gasteiger charge is -2.20. The molecule has 69 heavy (non-hydrogen) atoms. The minimum absolute atomic E-state index is 0.00658. The third-order valence-corrected chi connectivity index (χ3v) is 14.1. The molecule has 0 rings (SSSR count). The van der Waals surface area contributed by atoms with Gasteiger partial charge >= 0.3 is 5.97 Å². The van der Waals surface area contributed by atoms with E-state index in [0.29, 0.717) is 19.4 Å². The maximum atomic E-state index is 12.4. The summed E-state index contributed by atoms with van der Waals surface area (Å²) in [7, 11) is 0. The molecule has 0 aliphatic heterocycles. The molecule has 0 heterocycles. The van der Waals surface area contributed by atoms with Gasteiger partial charge in [-0.05, 0) is 83.5 Å². The first kappa shape index (κ1) is 67.1. The molecule has 6 heteroatoms. The van der Waals surface area contributed by atoms with Crippen LogP contribution >= 0.6 is 0 Å². The topological polar surface area (TPSA) is 95.9 Å². The number of nitrogens with one attached hydrogen (secondary N) is 1. The summed E-state index contributed by atoms with van der Waals surface area (Å²) in [6.45, 7) is 4.88. The first-order valence-corrected chi connectivity index (χ1v) is 30.8. The van der Waals surface area contributed by atoms with Crippen molar-refractivity contribution in [2.45, 2.75) is 341 Å². The second-order valence-electron chi connectivity index (χ2n) is 21.0. The lowest BCUT2D eigenvalue weighted by atomic mass is 10.0. The largest absolute Gasteiger partial charge is 0.466 e. The van der Waals surface area contributed by atoms with Gasteiger partial charge in [0.2, 0.25) is 5.91 Å². The van der Waals surface area contributed by atoms with Crippen LogP contribution in [0, 0.1) is 0 Å². The van der Waals surface area contributed by atoms with E-state index in [9.17, 15) is 19.8 Å². The standard InChI is InChI=1S/C63H119NO5/c1-3-5-7-9-11-13-15-16-30-34-37-41-45-49-53-57-63(68)69-58-54-50-46-42-38-35-32-29-27-25-23-21-19-17-18-20-22-24-26-28-31-33-36-40-44-48-52-56-62(67)64-60(59-65)61(66)55-51-47-43-39-14-12-10-8-6-4-2/h16-18,30,51,55,60-61,65-66H,3-15,19-29,31-50,52-54,56-59H2,1-2H3,(H,64,67)/b18-17-,30-16-,55-51+. The Balaban J connectivity index is 3.37. The van der Waals surface area contributed by atoms with E-state index in [1.807, 2.05) is 6.08 Å². The Hall–Kier alpha value is -1.92. The fraction of sp³-hybridized carbons (Fsp3) is 0.873. The Morgan fingerprint density at radius 1 is 0.391 bits per heavy atom. The van der Waals surface area contributed by atoms with Gasteiger partial charge < -0.3 is 20.3 Å². The van der Waals surface area contributed by atoms with Gasteiger partial charge in [0.05, 0.1) is 25.4 Å². The Labute approximate surface area is 430 Å². The molecule has 1 amide bonds. The molecule has 3 N–H and O–H groups in total. The third-order valence-electron chi connectivity index (χ3n) is 14.1. The number of unbranched alkanes of at least 4 members (excludes halogenated alkanes) is 42. The molecule has 0 aliphatic carbocycles. The van der Waals surface area contributed by atoms with Crippen molar-refractivity contribution in [2.75, 3.05) is 13.2 Å². The molecular formula is C63H119NO5. The molecule has 0 saturated heterocycles. The highest BCUT2D eigenvalue weighted by Crippen LogP contribution is 2.17. The molecule has 0 aromatic rings. The molecule has 0 aromatic heterocycles. The molecule has 0 fully saturated rings. The van der Waals surface area contributed by atoms with Crippen LogP contribution in [-0.2, 0) is 14.3 Å². The minimum atomic E-state index is -0.843. The van der Waals surface area contributed by atoms with Crippen molar-refractivity contribution < 1.29 is 24.5 Å². The normalized spacial score (nSPS) is 12.8. The minimum Gasteiger partial charge on any atom is -0.466 e. The highest BCUT2D eigenvalue weighted by atomic mass is 16.5. The van der Waals surface area contributed by atoms with E-state index in [4.69, 9.17) is 4.74 Å². The van der Waals surface area contributed by atoms with Gasteiger partial charge in [0.15, 0.2) is 0 Å². The van der Waals surface area contributed by atoms with E-state index in [0.717, 1.165) is 44.9 Å². The predicted molar refractivity (Wildman–Crippen MR) is 301 cm³/mol. The second-order valence-corrected chi connectivity index (χ2v) is 21.0. The molecule has 0 spiro atoms. The van der Waals surface area contributed by atoms with Gasteiger partial charge in [-0.2, -0.15) is 0 Å². The zero-order valence-electron chi connectivity index (χ0n) is 46.3. The number of aliphatic hydroxyl groups is 2. The monoisotopic (exact) mass is 970 g/mol. The van der Waals surface area contributed by atoms with Crippen molar-refractivity contribution >= 4 is 11.9 Å². The number of allylic oxidation sites excluding steroid dienone is 5. The van der Waals surface area contributed by atoms with Gasteiger partial charge in [-0.25, -0.2) is 0 Å². The van der Waals surface area contributed by atoms with Gasteiger partial charge in [0.25, 0.3) is 0 Å². The Morgan fingerprint density at radius 3 is 1.03 bits per heavy atom. The predicted octanol–water partition coefficient (Wildman–Crippen LogP) is 19.2. The quantitative estimate of drug-likeness (QED) is 0.0321. The van der Waals surface area contributed by atoms with E-state index in [1.165, 1.54) is 257 Å². The zero-order chi connectivity index (χ0) is 50.0. The molecule has 0 aromatic carbocycles. The summed E-state index contributed by atoms with van der Waals surface area (Å²) < 4.78 is 5.48. The van der Waals surface area contributed by atoms with E-state index < -0.39 is 12.1 Å². The van der Waals surface area contributed by atoms with Crippen molar-refractivity contribution in [1.29, 1.82) is 0 Å². The molecule has 406 valence electrons. The highest BCUT2D eigenvalue weighted by molar-refractivity contribution is 5.76. The summed E-state index contributed by atoms with van der Waals surface area (Å²) in [6.07, 6.45) is 73.4. The van der Waals surface area contributed by atoms with Crippen LogP contribution in [0.4, 0.5) is 0 Å². The zero-order valence-corrected chi connectivity index (χ0v) is 46.3. The summed E-state index contributed by atoms with van der Waals surface area (Å²) in [5, 5.41) is 23.0. The van der Waals surface area contributed by atoms with E-state index in [1.54, 1.807) is 6.08 Å². The van der Waals surface area contributed by atoms with Crippen LogP contribution in [0.1, 0.15) is 328 Å². The number of hydrogen-bond acceptors (Lipinski definition) is 5. The first-order valence-electron chi connectivity index (χ1n) is 30.8. The molecule has 2 atom stereocenters. The summed E-state index contributed by atoms with van der Waals surface area (Å²) in [5.41, 5.74) is 0. The Morgan fingerprint density at radius 2 is 0.681 bits per heavy atom. The SMILES string of the molecule is CCCCCCCC/C=C\CCCCCCCC(=O)OCCCCCCCCCCCCCC/C=C\CCCCCCCCCCCCCC(=O)NC(CO)C(O)/C=C/CCCCCCCCCC.